The van der Waals surface area contributed by atoms with Gasteiger partial charge >= 0.3 is 0 Å². The van der Waals surface area contributed by atoms with Crippen molar-refractivity contribution in [2.24, 2.45) is 5.41 Å². The van der Waals surface area contributed by atoms with E-state index in [1.165, 1.54) is 112 Å². The van der Waals surface area contributed by atoms with Crippen LogP contribution in [0.5, 0.6) is 0 Å². The third-order valence-electron chi connectivity index (χ3n) is 13.3. The van der Waals surface area contributed by atoms with Crippen LogP contribution in [-0.2, 0) is 5.41 Å². The van der Waals surface area contributed by atoms with Crippen LogP contribution < -0.4 is 9.80 Å². The fourth-order valence-corrected chi connectivity index (χ4v) is 9.35. The summed E-state index contributed by atoms with van der Waals surface area (Å²) < 4.78 is 0. The topological polar surface area (TPSA) is 6.48 Å². The lowest BCUT2D eigenvalue weighted by atomic mass is 9.66. The predicted molar refractivity (Wildman–Crippen MR) is 253 cm³/mol. The van der Waals surface area contributed by atoms with Gasteiger partial charge in [-0.05, 0) is 205 Å². The number of rotatable bonds is 6. The van der Waals surface area contributed by atoms with Gasteiger partial charge in [-0.15, -0.1) is 0 Å². The zero-order chi connectivity index (χ0) is 41.6. The van der Waals surface area contributed by atoms with Gasteiger partial charge in [0.05, 0.1) is 11.7 Å². The highest BCUT2D eigenvalue weighted by Crippen LogP contribution is 2.55. The van der Waals surface area contributed by atoms with Crippen molar-refractivity contribution in [3.8, 4) is 0 Å². The van der Waals surface area contributed by atoms with E-state index in [1.807, 2.05) is 0 Å². The predicted octanol–water partition coefficient (Wildman–Crippen LogP) is 15.8. The van der Waals surface area contributed by atoms with Gasteiger partial charge in [0, 0.05) is 34.1 Å². The molecule has 2 atom stereocenters. The molecule has 8 rings (SSSR count). The monoisotopic (exact) mass is 762 g/mol. The van der Waals surface area contributed by atoms with E-state index in [-0.39, 0.29) is 22.8 Å². The first-order chi connectivity index (χ1) is 27.3. The molecule has 0 fully saturated rings. The van der Waals surface area contributed by atoms with Gasteiger partial charge in [0.1, 0.15) is 0 Å². The van der Waals surface area contributed by atoms with Crippen LogP contribution in [0.15, 0.2) is 103 Å². The Morgan fingerprint density at radius 1 is 0.483 bits per heavy atom. The van der Waals surface area contributed by atoms with Gasteiger partial charge in [-0.2, -0.15) is 0 Å². The molecule has 0 saturated heterocycles. The minimum atomic E-state index is -0.0867. The van der Waals surface area contributed by atoms with Crippen LogP contribution in [0.2, 0.25) is 0 Å². The molecule has 2 heteroatoms. The lowest BCUT2D eigenvalue weighted by molar-refractivity contribution is 0.558. The first-order valence-electron chi connectivity index (χ1n) is 21.3. The molecule has 0 aromatic heterocycles. The number of nitrogens with zero attached hydrogens (tertiary/aromatic N) is 2. The zero-order valence-electron chi connectivity index (χ0n) is 37.4. The average Bonchev–Trinajstić information content (AvgIpc) is 3.16. The molecule has 0 spiro atoms. The average molecular weight is 763 g/mol. The maximum Gasteiger partial charge on any atom is 0.0629 e. The summed E-state index contributed by atoms with van der Waals surface area (Å²) in [6.45, 7) is 32.1. The normalized spacial score (nSPS) is 16.1. The number of hydrogen-bond acceptors (Lipinski definition) is 2. The second-order valence-corrected chi connectivity index (χ2v) is 19.5. The molecule has 58 heavy (non-hydrogen) atoms. The summed E-state index contributed by atoms with van der Waals surface area (Å²) in [5.41, 5.74) is 23.4. The van der Waals surface area contributed by atoms with Crippen molar-refractivity contribution in [2.75, 3.05) is 9.80 Å². The first-order valence-corrected chi connectivity index (χ1v) is 21.3. The molecule has 2 nitrogen and oxygen atoms in total. The number of allylic oxidation sites excluding steroid dienone is 1. The van der Waals surface area contributed by atoms with E-state index in [0.717, 1.165) is 0 Å². The molecule has 2 aliphatic carbocycles. The lowest BCUT2D eigenvalue weighted by Crippen LogP contribution is -2.38. The summed E-state index contributed by atoms with van der Waals surface area (Å²) in [6.07, 6.45) is 7.64. The number of anilines is 5. The largest absolute Gasteiger partial charge is 0.334 e. The van der Waals surface area contributed by atoms with Gasteiger partial charge in [-0.3, -0.25) is 0 Å². The molecule has 0 heterocycles. The maximum absolute atomic E-state index is 2.65. The quantitative estimate of drug-likeness (QED) is 0.167. The summed E-state index contributed by atoms with van der Waals surface area (Å²) >= 11 is 0. The van der Waals surface area contributed by atoms with Gasteiger partial charge in [0.2, 0.25) is 0 Å². The van der Waals surface area contributed by atoms with Crippen LogP contribution >= 0.6 is 0 Å². The van der Waals surface area contributed by atoms with Gasteiger partial charge in [-0.1, -0.05) is 90.1 Å². The van der Waals surface area contributed by atoms with Gasteiger partial charge < -0.3 is 9.80 Å². The van der Waals surface area contributed by atoms with Crippen LogP contribution in [0.25, 0.3) is 22.4 Å². The molecule has 6 aromatic rings. The summed E-state index contributed by atoms with van der Waals surface area (Å²) in [4.78, 5) is 5.15. The SMILES string of the molecule is Cc1ccc(N(c2ccc(C)c(C)c2)c2ccc3c4c5c(c(C(C)(C)C)cc24)C=CC(N(c2ccc(C)c(C)c2)c2ccc(C)c(C)c2)C5C=C3C(C)(C)C)cc1C. The van der Waals surface area contributed by atoms with Crippen LogP contribution in [0, 0.1) is 60.8 Å². The number of aryl methyl sites for hydroxylation is 8. The molecule has 2 aliphatic rings. The Bertz CT molecular complexity index is 2590. The Morgan fingerprint density at radius 3 is 1.40 bits per heavy atom. The lowest BCUT2D eigenvalue weighted by Gasteiger charge is -2.44. The van der Waals surface area contributed by atoms with Gasteiger partial charge in [0.25, 0.3) is 0 Å². The number of benzene rings is 6. The molecule has 296 valence electrons. The van der Waals surface area contributed by atoms with Gasteiger partial charge in [-0.25, -0.2) is 0 Å². The minimum Gasteiger partial charge on any atom is -0.334 e. The van der Waals surface area contributed by atoms with Crippen LogP contribution in [0.3, 0.4) is 0 Å². The highest BCUT2D eigenvalue weighted by molar-refractivity contribution is 6.10. The van der Waals surface area contributed by atoms with Gasteiger partial charge in [0.15, 0.2) is 0 Å². The maximum atomic E-state index is 2.65. The van der Waals surface area contributed by atoms with Crippen molar-refractivity contribution >= 4 is 50.9 Å². The molecule has 0 aliphatic heterocycles. The van der Waals surface area contributed by atoms with Crippen molar-refractivity contribution in [1.82, 2.24) is 0 Å². The summed E-state index contributed by atoms with van der Waals surface area (Å²) in [7, 11) is 0. The Morgan fingerprint density at radius 2 is 0.948 bits per heavy atom. The van der Waals surface area contributed by atoms with Crippen LogP contribution in [-0.4, -0.2) is 6.04 Å². The number of hydrogen-bond donors (Lipinski definition) is 0. The van der Waals surface area contributed by atoms with Crippen LogP contribution in [0.4, 0.5) is 28.4 Å². The van der Waals surface area contributed by atoms with Crippen molar-refractivity contribution in [3.63, 3.8) is 0 Å². The zero-order valence-corrected chi connectivity index (χ0v) is 37.4. The van der Waals surface area contributed by atoms with E-state index in [2.05, 4.69) is 216 Å². The molecule has 0 radical (unpaired) electrons. The van der Waals surface area contributed by atoms with Crippen molar-refractivity contribution in [2.45, 2.75) is 114 Å². The van der Waals surface area contributed by atoms with Crippen molar-refractivity contribution in [1.29, 1.82) is 0 Å². The van der Waals surface area contributed by atoms with E-state index in [0.29, 0.717) is 0 Å². The molecule has 0 saturated carbocycles. The first kappa shape index (κ1) is 39.5. The molecule has 0 bridgehead atoms. The second kappa shape index (κ2) is 14.2. The van der Waals surface area contributed by atoms with E-state index in [9.17, 15) is 0 Å². The highest BCUT2D eigenvalue weighted by atomic mass is 15.2. The molecular weight excluding hydrogens is 701 g/mol. The smallest absolute Gasteiger partial charge is 0.0629 e. The minimum absolute atomic E-state index is 0.0555. The van der Waals surface area contributed by atoms with E-state index >= 15 is 0 Å². The van der Waals surface area contributed by atoms with Crippen molar-refractivity contribution in [3.05, 3.63) is 170 Å². The third-order valence-corrected chi connectivity index (χ3v) is 13.3. The summed E-state index contributed by atoms with van der Waals surface area (Å²) in [5, 5.41) is 2.71. The van der Waals surface area contributed by atoms with Crippen LogP contribution in [0.1, 0.15) is 114 Å². The standard InChI is InChI=1S/C56H62N2/c1-33-15-19-41(27-37(33)5)57(42-20-16-34(2)38(6)28-42)51-25-23-45-50(56(12,13)14)32-48-52(26-24-46-49(55(9,10)11)31-47(51)53(45)54(46)48)58(43-21-17-35(3)39(7)29-43)44-22-18-36(4)40(8)30-44/h15-32,47,51H,1-14H3. The summed E-state index contributed by atoms with van der Waals surface area (Å²) in [6, 6.07) is 35.4. The fourth-order valence-electron chi connectivity index (χ4n) is 9.35. The Labute approximate surface area is 348 Å². The Kier molecular flexibility index (Phi) is 9.66. The third kappa shape index (κ3) is 6.69. The molecule has 0 amide bonds. The molecule has 6 aromatic carbocycles. The fraction of sp³-hybridized carbons (Fsp3) is 0.321. The summed E-state index contributed by atoms with van der Waals surface area (Å²) in [5.74, 6) is 0.113. The Balaban J connectivity index is 1.48. The highest BCUT2D eigenvalue weighted by Gasteiger charge is 2.40. The van der Waals surface area contributed by atoms with E-state index in [1.54, 1.807) is 0 Å². The van der Waals surface area contributed by atoms with E-state index in [4.69, 9.17) is 0 Å². The Hall–Kier alpha value is -5.34. The second-order valence-electron chi connectivity index (χ2n) is 19.5. The molecular formula is C56H62N2. The van der Waals surface area contributed by atoms with E-state index < -0.39 is 0 Å². The molecule has 2 unspecified atom stereocenters. The van der Waals surface area contributed by atoms with Crippen molar-refractivity contribution < 1.29 is 0 Å². The molecule has 0 N–H and O–H groups in total.